The molecule has 3 aromatic carbocycles. The Kier molecular flexibility index (Phi) is 6.87. The summed E-state index contributed by atoms with van der Waals surface area (Å²) in [6.45, 7) is 1.40. The summed E-state index contributed by atoms with van der Waals surface area (Å²) >= 11 is 0. The second-order valence-electron chi connectivity index (χ2n) is 9.94. The predicted octanol–water partition coefficient (Wildman–Crippen LogP) is 3.65. The second-order valence-corrected chi connectivity index (χ2v) is 9.94. The first-order valence-electron chi connectivity index (χ1n) is 12.6. The summed E-state index contributed by atoms with van der Waals surface area (Å²) in [6, 6.07) is 19.9. The molecule has 0 aliphatic carbocycles. The van der Waals surface area contributed by atoms with Crippen LogP contribution in [0.1, 0.15) is 28.4 Å². The zero-order valence-electron chi connectivity index (χ0n) is 21.4. The molecule has 2 aliphatic rings. The number of non-ortho nitro benzene ring substituents is 1. The van der Waals surface area contributed by atoms with E-state index in [9.17, 15) is 34.4 Å². The van der Waals surface area contributed by atoms with Gasteiger partial charge in [0.2, 0.25) is 11.8 Å². The number of aliphatic carboxylic acids is 1. The Hall–Kier alpha value is -4.96. The van der Waals surface area contributed by atoms with Gasteiger partial charge in [0, 0.05) is 30.2 Å². The molecule has 0 saturated carbocycles. The lowest BCUT2D eigenvalue weighted by atomic mass is 9.76. The van der Waals surface area contributed by atoms with E-state index in [0.29, 0.717) is 11.1 Å². The van der Waals surface area contributed by atoms with Crippen molar-refractivity contribution < 1.29 is 29.2 Å². The second kappa shape index (κ2) is 10.3. The number of nitrogens with zero attached hydrogens (tertiary/aromatic N) is 2. The predicted molar refractivity (Wildman–Crippen MR) is 145 cm³/mol. The number of nitro groups is 1. The molecule has 40 heavy (non-hydrogen) atoms. The fourth-order valence-electron chi connectivity index (χ4n) is 5.58. The topological polar surface area (TPSA) is 147 Å². The van der Waals surface area contributed by atoms with E-state index in [1.807, 2.05) is 30.3 Å². The largest absolute Gasteiger partial charge is 0.480 e. The molecule has 0 aromatic heterocycles. The summed E-state index contributed by atoms with van der Waals surface area (Å²) in [5.41, 5.74) is -0.0793. The number of hydrogen-bond acceptors (Lipinski definition) is 7. The lowest BCUT2D eigenvalue weighted by Gasteiger charge is -2.31. The summed E-state index contributed by atoms with van der Waals surface area (Å²) in [6.07, 6.45) is 3.27. The van der Waals surface area contributed by atoms with Crippen LogP contribution in [-0.2, 0) is 20.8 Å². The first-order valence-corrected chi connectivity index (χ1v) is 12.6. The van der Waals surface area contributed by atoms with Gasteiger partial charge in [-0.1, -0.05) is 54.6 Å². The molecule has 2 saturated heterocycles. The van der Waals surface area contributed by atoms with Crippen molar-refractivity contribution in [2.45, 2.75) is 24.9 Å². The number of imide groups is 1. The van der Waals surface area contributed by atoms with Crippen LogP contribution in [-0.4, -0.2) is 45.2 Å². The van der Waals surface area contributed by atoms with Gasteiger partial charge < -0.3 is 5.11 Å². The molecule has 202 valence electrons. The van der Waals surface area contributed by atoms with Crippen molar-refractivity contribution in [2.24, 2.45) is 11.8 Å². The lowest BCUT2D eigenvalue weighted by molar-refractivity contribution is -0.384. The molecule has 0 radical (unpaired) electrons. The number of carbonyl (C=O) groups is 4. The number of fused-ring (bicyclic) bond motifs is 1. The molecule has 0 spiro atoms. The highest BCUT2D eigenvalue weighted by molar-refractivity contribution is 6.24. The third-order valence-electron chi connectivity index (χ3n) is 7.53. The van der Waals surface area contributed by atoms with Gasteiger partial charge in [0.25, 0.3) is 5.69 Å². The number of Topliss-reactive ketones (excluding diaryl/α,β-unsaturated/α-hetero) is 1. The fourth-order valence-corrected chi connectivity index (χ4v) is 5.58. The Morgan fingerprint density at radius 1 is 1.00 bits per heavy atom. The molecule has 4 unspecified atom stereocenters. The third-order valence-corrected chi connectivity index (χ3v) is 7.53. The number of nitrogens with one attached hydrogen (secondary N) is 1. The number of rotatable bonds is 8. The van der Waals surface area contributed by atoms with E-state index in [2.05, 4.69) is 5.32 Å². The van der Waals surface area contributed by atoms with Crippen LogP contribution in [0.15, 0.2) is 84.9 Å². The van der Waals surface area contributed by atoms with Gasteiger partial charge in [0.1, 0.15) is 5.54 Å². The minimum Gasteiger partial charge on any atom is -0.480 e. The van der Waals surface area contributed by atoms with E-state index in [1.54, 1.807) is 12.2 Å². The van der Waals surface area contributed by atoms with Crippen molar-refractivity contribution in [3.63, 3.8) is 0 Å². The molecular weight excluding hydrogens is 514 g/mol. The fraction of sp³-hybridized carbons (Fsp3) is 0.200. The van der Waals surface area contributed by atoms with Crippen LogP contribution in [0.4, 0.5) is 11.4 Å². The van der Waals surface area contributed by atoms with E-state index in [0.717, 1.165) is 10.5 Å². The molecule has 4 atom stereocenters. The lowest BCUT2D eigenvalue weighted by Crippen LogP contribution is -2.58. The number of hydrogen-bond donors (Lipinski definition) is 2. The Labute approximate surface area is 229 Å². The maximum absolute atomic E-state index is 13.9. The van der Waals surface area contributed by atoms with Crippen molar-refractivity contribution >= 4 is 41.0 Å². The minimum absolute atomic E-state index is 0.152. The number of ketones is 1. The molecule has 2 aliphatic heterocycles. The molecular formula is C30H25N3O7. The maximum atomic E-state index is 13.9. The summed E-state index contributed by atoms with van der Waals surface area (Å²) in [5, 5.41) is 24.8. The summed E-state index contributed by atoms with van der Waals surface area (Å²) < 4.78 is 0. The summed E-state index contributed by atoms with van der Waals surface area (Å²) in [5.74, 6) is -4.98. The van der Waals surface area contributed by atoms with E-state index in [-0.39, 0.29) is 23.6 Å². The smallest absolute Gasteiger partial charge is 0.325 e. The van der Waals surface area contributed by atoms with Gasteiger partial charge in [-0.2, -0.15) is 0 Å². The number of carboxylic acid groups (broad SMARTS) is 1. The molecule has 2 heterocycles. The molecule has 2 amide bonds. The molecule has 3 aromatic rings. The van der Waals surface area contributed by atoms with Gasteiger partial charge in [0.15, 0.2) is 5.78 Å². The van der Waals surface area contributed by atoms with Crippen LogP contribution < -0.4 is 10.2 Å². The molecule has 5 rings (SSSR count). The van der Waals surface area contributed by atoms with Crippen LogP contribution in [0.3, 0.4) is 0 Å². The van der Waals surface area contributed by atoms with Crippen LogP contribution in [0.2, 0.25) is 0 Å². The summed E-state index contributed by atoms with van der Waals surface area (Å²) in [7, 11) is 0. The number of benzene rings is 3. The highest BCUT2D eigenvalue weighted by atomic mass is 16.6. The summed E-state index contributed by atoms with van der Waals surface area (Å²) in [4.78, 5) is 64.0. The van der Waals surface area contributed by atoms with Crippen LogP contribution in [0.25, 0.3) is 6.08 Å². The quantitative estimate of drug-likeness (QED) is 0.191. The Morgan fingerprint density at radius 2 is 1.65 bits per heavy atom. The monoisotopic (exact) mass is 539 g/mol. The van der Waals surface area contributed by atoms with Crippen LogP contribution in [0.5, 0.6) is 0 Å². The van der Waals surface area contributed by atoms with E-state index < -0.39 is 46.1 Å². The standard InChI is InChI=1S/C30H25N3O7/c1-18(34)21-10-14-22(15-11-21)32-27(35)25-24(16-9-19-5-3-2-4-6-19)31-30(29(37)38,26(25)28(32)36)17-20-7-12-23(13-8-20)33(39)40/h2-16,24-26,31H,17H2,1H3,(H,37,38)/b16-9+. The number of amides is 2. The van der Waals surface area contributed by atoms with Crippen molar-refractivity contribution in [3.05, 3.63) is 112 Å². The normalized spacial score (nSPS) is 23.9. The molecule has 10 heteroatoms. The Bertz CT molecular complexity index is 1530. The Morgan fingerprint density at radius 3 is 2.23 bits per heavy atom. The van der Waals surface area contributed by atoms with Gasteiger partial charge in [-0.3, -0.25) is 34.6 Å². The Balaban J connectivity index is 1.57. The average Bonchev–Trinajstić information content (AvgIpc) is 3.41. The van der Waals surface area contributed by atoms with Crippen LogP contribution >= 0.6 is 0 Å². The van der Waals surface area contributed by atoms with Gasteiger partial charge in [-0.25, -0.2) is 4.90 Å². The maximum Gasteiger partial charge on any atom is 0.325 e. The highest BCUT2D eigenvalue weighted by Gasteiger charge is 2.68. The minimum atomic E-state index is -1.87. The van der Waals surface area contributed by atoms with Gasteiger partial charge in [0.05, 0.1) is 22.4 Å². The number of nitro benzene ring substituents is 1. The van der Waals surface area contributed by atoms with Crippen LogP contribution in [0, 0.1) is 22.0 Å². The average molecular weight is 540 g/mol. The van der Waals surface area contributed by atoms with Crippen molar-refractivity contribution in [1.82, 2.24) is 5.32 Å². The van der Waals surface area contributed by atoms with Crippen molar-refractivity contribution in [1.29, 1.82) is 0 Å². The number of carbonyl (C=O) groups excluding carboxylic acids is 3. The molecule has 2 N–H and O–H groups in total. The highest BCUT2D eigenvalue weighted by Crippen LogP contribution is 2.46. The number of anilines is 1. The zero-order valence-corrected chi connectivity index (χ0v) is 21.4. The third kappa shape index (κ3) is 4.58. The molecule has 10 nitrogen and oxygen atoms in total. The van der Waals surface area contributed by atoms with Crippen molar-refractivity contribution in [2.75, 3.05) is 4.90 Å². The number of carboxylic acids is 1. The van der Waals surface area contributed by atoms with Gasteiger partial charge in [-0.15, -0.1) is 0 Å². The molecule has 0 bridgehead atoms. The van der Waals surface area contributed by atoms with E-state index in [4.69, 9.17) is 0 Å². The van der Waals surface area contributed by atoms with E-state index in [1.165, 1.54) is 55.5 Å². The zero-order chi connectivity index (χ0) is 28.6. The first-order chi connectivity index (χ1) is 19.1. The van der Waals surface area contributed by atoms with Crippen molar-refractivity contribution in [3.8, 4) is 0 Å². The molecule has 2 fully saturated rings. The first kappa shape index (κ1) is 26.6. The van der Waals surface area contributed by atoms with Gasteiger partial charge >= 0.3 is 5.97 Å². The van der Waals surface area contributed by atoms with E-state index >= 15 is 0 Å². The van der Waals surface area contributed by atoms with Gasteiger partial charge in [-0.05, 0) is 42.3 Å². The SMILES string of the molecule is CC(=O)c1ccc(N2C(=O)C3C(/C=C/c4ccccc4)NC(Cc4ccc([N+](=O)[O-])cc4)(C(=O)O)C3C2=O)cc1.